The Morgan fingerprint density at radius 3 is 2.22 bits per heavy atom. The van der Waals surface area contributed by atoms with Gasteiger partial charge < -0.3 is 39.7 Å². The summed E-state index contributed by atoms with van der Waals surface area (Å²) in [6.07, 6.45) is -0.883. The number of carbonyl (C=O) groups is 3. The van der Waals surface area contributed by atoms with Crippen LogP contribution in [0, 0.1) is 39.4 Å². The van der Waals surface area contributed by atoms with Crippen LogP contribution in [0.15, 0.2) is 23.8 Å². The Balaban J connectivity index is 1.64. The highest BCUT2D eigenvalue weighted by atomic mass is 16.7. The van der Waals surface area contributed by atoms with Crippen molar-refractivity contribution < 1.29 is 54.1 Å². The number of esters is 1. The van der Waals surface area contributed by atoms with Crippen LogP contribution in [0.25, 0.3) is 0 Å². The molecule has 0 radical (unpaired) electrons. The summed E-state index contributed by atoms with van der Waals surface area (Å²) in [7, 11) is 0. The molecule has 0 bridgehead atoms. The lowest BCUT2D eigenvalue weighted by molar-refractivity contribution is -0.290. The van der Waals surface area contributed by atoms with Crippen LogP contribution >= 0.6 is 0 Å². The van der Waals surface area contributed by atoms with E-state index < -0.39 is 93.4 Å². The van der Waals surface area contributed by atoms with E-state index >= 15 is 0 Å². The van der Waals surface area contributed by atoms with Crippen LogP contribution in [0.4, 0.5) is 0 Å². The Labute approximate surface area is 290 Å². The maximum atomic E-state index is 14.8. The Hall–Kier alpha value is -1.99. The molecular formula is C38H58O11. The smallest absolute Gasteiger partial charge is 0.303 e. The van der Waals surface area contributed by atoms with E-state index in [0.717, 1.165) is 5.57 Å². The molecule has 1 aliphatic heterocycles. The fourth-order valence-electron chi connectivity index (χ4n) is 10.9. The fourth-order valence-corrected chi connectivity index (χ4v) is 10.9. The number of hydrogen-bond acceptors (Lipinski definition) is 11. The molecule has 0 aromatic rings. The van der Waals surface area contributed by atoms with Crippen molar-refractivity contribution in [2.75, 3.05) is 0 Å². The standard InChI is InChI=1S/C38H58O11/c1-19-15-23(40)29(48-20(2)39)32(47-19)49-25-17-35(7)26-12-11-21-22(16-24(41)31(44)34(21,5)6)37(26,9)28(43)18-36(35,8)30(25)38(10,46)27(42)13-14-33(3,4)45/h11,13-14,19,22-26,29-32,40-41,44-46H,12,15-18H2,1-10H3/b14-13+/t19-,22+,23-,24-,25+,26-,29-,30-,31+,32-,35-,36+,37-,38-/m0/s1. The lowest BCUT2D eigenvalue weighted by Gasteiger charge is -2.65. The third-order valence-electron chi connectivity index (χ3n) is 13.6. The van der Waals surface area contributed by atoms with Gasteiger partial charge in [-0.2, -0.15) is 0 Å². The Kier molecular flexibility index (Phi) is 9.61. The number of ether oxygens (including phenoxy) is 3. The first-order chi connectivity index (χ1) is 22.3. The van der Waals surface area contributed by atoms with E-state index in [9.17, 15) is 39.9 Å². The van der Waals surface area contributed by atoms with E-state index in [0.29, 0.717) is 12.8 Å². The molecule has 1 heterocycles. The van der Waals surface area contributed by atoms with Crippen LogP contribution in [0.2, 0.25) is 0 Å². The third kappa shape index (κ3) is 5.99. The summed E-state index contributed by atoms with van der Waals surface area (Å²) in [6.45, 7) is 17.3. The van der Waals surface area contributed by atoms with Gasteiger partial charge in [0.25, 0.3) is 0 Å². The molecule has 5 rings (SSSR count). The van der Waals surface area contributed by atoms with Gasteiger partial charge in [-0.1, -0.05) is 52.3 Å². The zero-order valence-corrected chi connectivity index (χ0v) is 30.7. The summed E-state index contributed by atoms with van der Waals surface area (Å²) in [6, 6.07) is 0. The maximum Gasteiger partial charge on any atom is 0.303 e. The van der Waals surface area contributed by atoms with Gasteiger partial charge in [-0.3, -0.25) is 14.4 Å². The van der Waals surface area contributed by atoms with E-state index in [1.807, 2.05) is 27.7 Å². The number of allylic oxidation sites excluding steroid dienone is 1. The largest absolute Gasteiger partial charge is 0.454 e. The topological polar surface area (TPSA) is 180 Å². The summed E-state index contributed by atoms with van der Waals surface area (Å²) in [5, 5.41) is 55.7. The lowest BCUT2D eigenvalue weighted by atomic mass is 9.38. The molecule has 0 aromatic heterocycles. The molecule has 0 aromatic carbocycles. The van der Waals surface area contributed by atoms with Crippen LogP contribution in [0.5, 0.6) is 0 Å². The summed E-state index contributed by atoms with van der Waals surface area (Å²) >= 11 is 0. The minimum Gasteiger partial charge on any atom is -0.454 e. The van der Waals surface area contributed by atoms with Gasteiger partial charge in [0.15, 0.2) is 18.2 Å². The van der Waals surface area contributed by atoms with Gasteiger partial charge in [-0.05, 0) is 75.7 Å². The van der Waals surface area contributed by atoms with Gasteiger partial charge in [0.2, 0.25) is 0 Å². The van der Waals surface area contributed by atoms with Gasteiger partial charge in [0, 0.05) is 36.5 Å². The van der Waals surface area contributed by atoms with Gasteiger partial charge >= 0.3 is 5.97 Å². The average Bonchev–Trinajstić information content (AvgIpc) is 3.18. The third-order valence-corrected chi connectivity index (χ3v) is 13.6. The molecule has 0 unspecified atom stereocenters. The minimum atomic E-state index is -2.08. The van der Waals surface area contributed by atoms with Crippen molar-refractivity contribution in [2.45, 2.75) is 155 Å². The Bertz CT molecular complexity index is 1410. The zero-order valence-electron chi connectivity index (χ0n) is 30.7. The predicted molar refractivity (Wildman–Crippen MR) is 179 cm³/mol. The lowest BCUT2D eigenvalue weighted by Crippen LogP contribution is -2.65. The second kappa shape index (κ2) is 12.3. The summed E-state index contributed by atoms with van der Waals surface area (Å²) < 4.78 is 18.3. The molecule has 11 heteroatoms. The van der Waals surface area contributed by atoms with Crippen LogP contribution in [-0.4, -0.2) is 97.2 Å². The zero-order chi connectivity index (χ0) is 36.9. The molecule has 0 amide bonds. The number of fused-ring (bicyclic) bond motifs is 5. The van der Waals surface area contributed by atoms with Crippen LogP contribution in [0.1, 0.15) is 101 Å². The van der Waals surface area contributed by atoms with E-state index in [-0.39, 0.29) is 36.9 Å². The van der Waals surface area contributed by atoms with Gasteiger partial charge in [0.1, 0.15) is 11.4 Å². The molecule has 5 N–H and O–H groups in total. The molecule has 276 valence electrons. The van der Waals surface area contributed by atoms with Crippen LogP contribution < -0.4 is 0 Å². The molecule has 1 saturated heterocycles. The molecule has 0 spiro atoms. The maximum absolute atomic E-state index is 14.8. The van der Waals surface area contributed by atoms with Crippen molar-refractivity contribution in [3.63, 3.8) is 0 Å². The Morgan fingerprint density at radius 2 is 1.63 bits per heavy atom. The first kappa shape index (κ1) is 38.2. The summed E-state index contributed by atoms with van der Waals surface area (Å²) in [5.74, 6) is -2.90. The summed E-state index contributed by atoms with van der Waals surface area (Å²) in [5.41, 5.74) is -5.80. The number of aliphatic hydroxyl groups is 5. The highest BCUT2D eigenvalue weighted by Crippen LogP contribution is 2.74. The molecule has 49 heavy (non-hydrogen) atoms. The molecule has 4 fully saturated rings. The highest BCUT2D eigenvalue weighted by molar-refractivity contribution is 5.97. The first-order valence-electron chi connectivity index (χ1n) is 17.8. The van der Waals surface area contributed by atoms with Gasteiger partial charge in [-0.15, -0.1) is 0 Å². The number of rotatable bonds is 7. The van der Waals surface area contributed by atoms with Crippen molar-refractivity contribution in [1.82, 2.24) is 0 Å². The predicted octanol–water partition coefficient (Wildman–Crippen LogP) is 3.17. The quantitative estimate of drug-likeness (QED) is 0.151. The van der Waals surface area contributed by atoms with E-state index in [1.165, 1.54) is 39.8 Å². The molecule has 5 aliphatic rings. The van der Waals surface area contributed by atoms with E-state index in [2.05, 4.69) is 13.0 Å². The van der Waals surface area contributed by atoms with Crippen molar-refractivity contribution in [1.29, 1.82) is 0 Å². The first-order valence-corrected chi connectivity index (χ1v) is 17.8. The highest BCUT2D eigenvalue weighted by Gasteiger charge is 2.75. The van der Waals surface area contributed by atoms with Crippen molar-refractivity contribution in [3.05, 3.63) is 23.8 Å². The molecule has 3 saturated carbocycles. The molecular weight excluding hydrogens is 632 g/mol. The Morgan fingerprint density at radius 1 is 1.00 bits per heavy atom. The minimum absolute atomic E-state index is 0.0143. The van der Waals surface area contributed by atoms with Crippen molar-refractivity contribution >= 4 is 17.5 Å². The molecule has 14 atom stereocenters. The normalized spacial score (nSPS) is 46.3. The van der Waals surface area contributed by atoms with Gasteiger partial charge in [0.05, 0.1) is 36.1 Å². The molecule has 11 nitrogen and oxygen atoms in total. The SMILES string of the molecule is CC(=O)O[C@@H]1[C@H](O[C@@H]2C[C@@]3(C)[C@@H]4CC=C5[C@@H](C[C@H](O)[C@@H](O)C5(C)C)[C@]4(C)C(=O)C[C@]3(C)[C@H]2[C@@](C)(O)C(=O)/C=C/C(C)(C)O)O[C@@H](C)C[C@@H]1O. The van der Waals surface area contributed by atoms with Gasteiger partial charge in [-0.25, -0.2) is 0 Å². The van der Waals surface area contributed by atoms with E-state index in [1.54, 1.807) is 6.92 Å². The second-order valence-corrected chi connectivity index (χ2v) is 17.7. The number of ketones is 2. The molecule has 4 aliphatic carbocycles. The van der Waals surface area contributed by atoms with E-state index in [4.69, 9.17) is 14.2 Å². The number of hydrogen-bond donors (Lipinski definition) is 5. The number of carbonyl (C=O) groups excluding carboxylic acids is 3. The number of aliphatic hydroxyl groups excluding tert-OH is 3. The monoisotopic (exact) mass is 690 g/mol. The fraction of sp³-hybridized carbons (Fsp3) is 0.816. The second-order valence-electron chi connectivity index (χ2n) is 17.7. The van der Waals surface area contributed by atoms with Crippen LogP contribution in [-0.2, 0) is 28.6 Å². The summed E-state index contributed by atoms with van der Waals surface area (Å²) in [4.78, 5) is 40.8. The van der Waals surface area contributed by atoms with Crippen molar-refractivity contribution in [3.8, 4) is 0 Å². The number of Topliss-reactive ketones (excluding diaryl/α,β-unsaturated/α-hetero) is 1. The van der Waals surface area contributed by atoms with Crippen molar-refractivity contribution in [2.24, 2.45) is 39.4 Å². The average molecular weight is 691 g/mol. The van der Waals surface area contributed by atoms with Crippen LogP contribution in [0.3, 0.4) is 0 Å².